The Hall–Kier alpha value is -1.61. The number of fused-ring (bicyclic) bond motifs is 4. The minimum atomic E-state index is -0.101. The number of H-pyrrole nitrogens is 1. The average Bonchev–Trinajstić information content (AvgIpc) is 2.36. The second-order valence-electron chi connectivity index (χ2n) is 6.21. The van der Waals surface area contributed by atoms with Crippen molar-refractivity contribution in [2.24, 2.45) is 5.92 Å². The Morgan fingerprint density at radius 2 is 2.15 bits per heavy atom. The van der Waals surface area contributed by atoms with Crippen LogP contribution in [0.3, 0.4) is 0 Å². The lowest BCUT2D eigenvalue weighted by molar-refractivity contribution is 0.162. The van der Waals surface area contributed by atoms with Gasteiger partial charge in [-0.1, -0.05) is 17.7 Å². The van der Waals surface area contributed by atoms with Gasteiger partial charge in [-0.2, -0.15) is 0 Å². The second kappa shape index (κ2) is 4.45. The van der Waals surface area contributed by atoms with E-state index in [0.29, 0.717) is 5.92 Å². The summed E-state index contributed by atoms with van der Waals surface area (Å²) in [4.78, 5) is 17.0. The van der Waals surface area contributed by atoms with Crippen LogP contribution in [0.2, 0.25) is 0 Å². The quantitative estimate of drug-likeness (QED) is 0.796. The van der Waals surface area contributed by atoms with Crippen LogP contribution in [0.5, 0.6) is 0 Å². The summed E-state index contributed by atoms with van der Waals surface area (Å²) in [6, 6.07) is 3.68. The molecule has 1 heterocycles. The first-order valence-electron chi connectivity index (χ1n) is 7.23. The highest BCUT2D eigenvalue weighted by atomic mass is 16.1. The second-order valence-corrected chi connectivity index (χ2v) is 6.21. The fourth-order valence-corrected chi connectivity index (χ4v) is 4.12. The summed E-state index contributed by atoms with van der Waals surface area (Å²) in [6.45, 7) is 4.35. The average molecular weight is 270 g/mol. The smallest absolute Gasteiger partial charge is 0.248 e. The van der Waals surface area contributed by atoms with E-state index in [1.54, 1.807) is 6.07 Å². The molecule has 106 valence electrons. The minimum absolute atomic E-state index is 0.000333. The Bertz CT molecular complexity index is 666. The Balaban J connectivity index is 2.34. The Morgan fingerprint density at radius 3 is 2.80 bits per heavy atom. The van der Waals surface area contributed by atoms with E-state index >= 15 is 0 Å². The minimum Gasteiger partial charge on any atom is -0.326 e. The van der Waals surface area contributed by atoms with E-state index in [1.165, 1.54) is 16.7 Å². The number of likely N-dealkylation sites (N-methyl/N-ethyl adjacent to an activating group) is 1. The van der Waals surface area contributed by atoms with Crippen LogP contribution in [-0.2, 0) is 12.0 Å². The van der Waals surface area contributed by atoms with Crippen molar-refractivity contribution in [3.63, 3.8) is 0 Å². The summed E-state index contributed by atoms with van der Waals surface area (Å²) in [6.07, 6.45) is 6.53. The zero-order valence-electron chi connectivity index (χ0n) is 12.7. The number of aromatic nitrogens is 1. The third-order valence-electron chi connectivity index (χ3n) is 4.84. The van der Waals surface area contributed by atoms with Crippen molar-refractivity contribution in [3.8, 4) is 0 Å². The lowest BCUT2D eigenvalue weighted by Gasteiger charge is -2.51. The van der Waals surface area contributed by atoms with Crippen molar-refractivity contribution in [1.29, 1.82) is 0 Å². The van der Waals surface area contributed by atoms with Gasteiger partial charge in [-0.25, -0.2) is 0 Å². The number of hydrogen-bond donors (Lipinski definition) is 1. The maximum atomic E-state index is 11.7. The number of hydrogen-bond acceptors (Lipinski definition) is 2. The van der Waals surface area contributed by atoms with E-state index in [1.807, 2.05) is 6.07 Å². The molecular formula is C17H22N2O. The van der Waals surface area contributed by atoms with Crippen LogP contribution in [0.25, 0.3) is 0 Å². The fraction of sp³-hybridized carbons (Fsp3) is 0.471. The molecule has 1 aromatic heterocycles. The van der Waals surface area contributed by atoms with Crippen molar-refractivity contribution >= 4 is 0 Å². The summed E-state index contributed by atoms with van der Waals surface area (Å²) in [5, 5.41) is 0. The zero-order chi connectivity index (χ0) is 14.5. The topological polar surface area (TPSA) is 36.1 Å². The van der Waals surface area contributed by atoms with Gasteiger partial charge in [0, 0.05) is 17.7 Å². The predicted octanol–water partition coefficient (Wildman–Crippen LogP) is 2.60. The SMILES string of the molecule is C/C=C1\[C@H]2C=C(C)C[C@]1(N(C)C)c1ccc(=O)[nH]c1C2. The van der Waals surface area contributed by atoms with Crippen molar-refractivity contribution in [2.75, 3.05) is 14.1 Å². The van der Waals surface area contributed by atoms with E-state index < -0.39 is 0 Å². The fourth-order valence-electron chi connectivity index (χ4n) is 4.12. The number of nitrogens with one attached hydrogen (secondary N) is 1. The molecule has 0 amide bonds. The molecule has 0 spiro atoms. The van der Waals surface area contributed by atoms with Gasteiger partial charge in [-0.15, -0.1) is 0 Å². The highest BCUT2D eigenvalue weighted by molar-refractivity contribution is 5.49. The summed E-state index contributed by atoms with van der Waals surface area (Å²) < 4.78 is 0. The molecule has 2 aliphatic carbocycles. The first kappa shape index (κ1) is 13.4. The van der Waals surface area contributed by atoms with E-state index in [-0.39, 0.29) is 11.1 Å². The third kappa shape index (κ3) is 1.66. The van der Waals surface area contributed by atoms with Gasteiger partial charge < -0.3 is 4.98 Å². The predicted molar refractivity (Wildman–Crippen MR) is 81.8 cm³/mol. The first-order valence-corrected chi connectivity index (χ1v) is 7.23. The van der Waals surface area contributed by atoms with Crippen LogP contribution >= 0.6 is 0 Å². The summed E-state index contributed by atoms with van der Waals surface area (Å²) in [7, 11) is 4.28. The number of nitrogens with zero attached hydrogens (tertiary/aromatic N) is 1. The molecule has 3 nitrogen and oxygen atoms in total. The van der Waals surface area contributed by atoms with Gasteiger partial charge in [0.25, 0.3) is 0 Å². The molecule has 0 fully saturated rings. The van der Waals surface area contributed by atoms with E-state index in [4.69, 9.17) is 0 Å². The van der Waals surface area contributed by atoms with Crippen LogP contribution in [-0.4, -0.2) is 24.0 Å². The molecule has 0 aliphatic heterocycles. The summed E-state index contributed by atoms with van der Waals surface area (Å²) in [5.41, 5.74) is 5.17. The van der Waals surface area contributed by atoms with Gasteiger partial charge >= 0.3 is 0 Å². The number of pyridine rings is 1. The van der Waals surface area contributed by atoms with E-state index in [2.05, 4.69) is 50.0 Å². The molecule has 20 heavy (non-hydrogen) atoms. The monoisotopic (exact) mass is 270 g/mol. The Kier molecular flexibility index (Phi) is 2.98. The first-order chi connectivity index (χ1) is 9.49. The van der Waals surface area contributed by atoms with Crippen molar-refractivity contribution in [2.45, 2.75) is 32.2 Å². The van der Waals surface area contributed by atoms with Crippen molar-refractivity contribution in [1.82, 2.24) is 9.88 Å². The standard InChI is InChI=1S/C17H22N2O/c1-5-13-12-8-11(2)10-17(13,19(3)4)14-6-7-16(20)18-15(14)9-12/h5-8,12H,9-10H2,1-4H3,(H,18,20)/b13-5+/t12-,17+/m0/s1. The van der Waals surface area contributed by atoms with Crippen molar-refractivity contribution < 1.29 is 0 Å². The molecule has 3 heteroatoms. The van der Waals surface area contributed by atoms with Crippen LogP contribution < -0.4 is 5.56 Å². The van der Waals surface area contributed by atoms with Gasteiger partial charge in [-0.05, 0) is 58.0 Å². The molecule has 0 radical (unpaired) electrons. The zero-order valence-corrected chi connectivity index (χ0v) is 12.7. The van der Waals surface area contributed by atoms with Gasteiger partial charge in [-0.3, -0.25) is 9.69 Å². The molecule has 2 bridgehead atoms. The number of allylic oxidation sites excluding steroid dienone is 2. The maximum absolute atomic E-state index is 11.7. The lowest BCUT2D eigenvalue weighted by Crippen LogP contribution is -2.50. The highest BCUT2D eigenvalue weighted by Crippen LogP contribution is 2.51. The summed E-state index contributed by atoms with van der Waals surface area (Å²) in [5.74, 6) is 0.404. The van der Waals surface area contributed by atoms with Crippen LogP contribution in [0.4, 0.5) is 0 Å². The molecule has 1 N–H and O–H groups in total. The van der Waals surface area contributed by atoms with E-state index in [0.717, 1.165) is 18.5 Å². The van der Waals surface area contributed by atoms with Crippen LogP contribution in [0.1, 0.15) is 31.5 Å². The molecule has 2 aliphatic rings. The number of aromatic amines is 1. The van der Waals surface area contributed by atoms with Gasteiger partial charge in [0.05, 0.1) is 5.54 Å². The van der Waals surface area contributed by atoms with Gasteiger partial charge in [0.1, 0.15) is 0 Å². The van der Waals surface area contributed by atoms with Gasteiger partial charge in [0.15, 0.2) is 0 Å². The highest BCUT2D eigenvalue weighted by Gasteiger charge is 2.48. The molecule has 0 saturated carbocycles. The molecule has 0 aromatic carbocycles. The van der Waals surface area contributed by atoms with Crippen LogP contribution in [0, 0.1) is 5.92 Å². The normalized spacial score (nSPS) is 30.4. The molecule has 0 unspecified atom stereocenters. The Morgan fingerprint density at radius 1 is 1.40 bits per heavy atom. The van der Waals surface area contributed by atoms with Crippen LogP contribution in [0.15, 0.2) is 40.2 Å². The van der Waals surface area contributed by atoms with Gasteiger partial charge in [0.2, 0.25) is 5.56 Å². The molecular weight excluding hydrogens is 248 g/mol. The summed E-state index contributed by atoms with van der Waals surface area (Å²) >= 11 is 0. The van der Waals surface area contributed by atoms with E-state index in [9.17, 15) is 4.79 Å². The molecule has 3 rings (SSSR count). The Labute approximate surface area is 120 Å². The molecule has 2 atom stereocenters. The van der Waals surface area contributed by atoms with Crippen molar-refractivity contribution in [3.05, 3.63) is 57.0 Å². The largest absolute Gasteiger partial charge is 0.326 e. The number of rotatable bonds is 1. The lowest BCUT2D eigenvalue weighted by atomic mass is 9.62. The maximum Gasteiger partial charge on any atom is 0.248 e. The molecule has 0 saturated heterocycles. The molecule has 1 aromatic rings. The third-order valence-corrected chi connectivity index (χ3v) is 4.84.